The van der Waals surface area contributed by atoms with Crippen LogP contribution >= 0.6 is 0 Å². The van der Waals surface area contributed by atoms with Crippen molar-refractivity contribution in [1.82, 2.24) is 9.80 Å². The maximum Gasteiger partial charge on any atom is 0.336 e. The van der Waals surface area contributed by atoms with Gasteiger partial charge in [-0.2, -0.15) is 5.26 Å². The lowest BCUT2D eigenvalue weighted by atomic mass is 10.1. The summed E-state index contributed by atoms with van der Waals surface area (Å²) in [6.45, 7) is 9.39. The van der Waals surface area contributed by atoms with E-state index in [0.29, 0.717) is 68.1 Å². The van der Waals surface area contributed by atoms with Gasteiger partial charge in [0.1, 0.15) is 5.58 Å². The molecule has 2 amide bonds. The summed E-state index contributed by atoms with van der Waals surface area (Å²) in [5.41, 5.74) is 3.78. The SMILES string of the molecule is CC(C)=CCN(C(=O)CCN1CCN(C(=O)c2ccc(C#N)cc2)CC1)c1ccc2c(C)cc(=O)oc2c1. The molecule has 8 nitrogen and oxygen atoms in total. The number of nitriles is 1. The molecule has 0 N–H and O–H groups in total. The molecule has 1 saturated heterocycles. The first kappa shape index (κ1) is 26.8. The predicted molar refractivity (Wildman–Crippen MR) is 147 cm³/mol. The van der Waals surface area contributed by atoms with Gasteiger partial charge in [0.05, 0.1) is 11.6 Å². The molecule has 0 unspecified atom stereocenters. The Bertz CT molecular complexity index is 1450. The van der Waals surface area contributed by atoms with E-state index >= 15 is 0 Å². The molecule has 8 heteroatoms. The zero-order chi connectivity index (χ0) is 27.2. The molecule has 1 fully saturated rings. The molecule has 3 aromatic rings. The van der Waals surface area contributed by atoms with Crippen LogP contribution in [0.25, 0.3) is 11.0 Å². The van der Waals surface area contributed by atoms with E-state index in [-0.39, 0.29) is 11.8 Å². The van der Waals surface area contributed by atoms with E-state index in [1.807, 2.05) is 43.9 Å². The lowest BCUT2D eigenvalue weighted by Gasteiger charge is -2.35. The van der Waals surface area contributed by atoms with Crippen LogP contribution in [-0.2, 0) is 4.79 Å². The molecule has 0 bridgehead atoms. The predicted octanol–water partition coefficient (Wildman–Crippen LogP) is 4.12. The molecule has 0 spiro atoms. The van der Waals surface area contributed by atoms with Gasteiger partial charge in [-0.1, -0.05) is 11.6 Å². The molecule has 0 saturated carbocycles. The third kappa shape index (κ3) is 6.36. The molecule has 2 heterocycles. The number of fused-ring (bicyclic) bond motifs is 1. The molecule has 0 radical (unpaired) electrons. The normalized spacial score (nSPS) is 13.7. The number of rotatable bonds is 7. The largest absolute Gasteiger partial charge is 0.423 e. The van der Waals surface area contributed by atoms with Gasteiger partial charge < -0.3 is 14.2 Å². The Morgan fingerprint density at radius 2 is 1.76 bits per heavy atom. The fourth-order valence-corrected chi connectivity index (χ4v) is 4.54. The maximum absolute atomic E-state index is 13.4. The number of carbonyl (C=O) groups excluding carboxylic acids is 2. The van der Waals surface area contributed by atoms with Crippen molar-refractivity contribution in [2.75, 3.05) is 44.2 Å². The monoisotopic (exact) mass is 512 g/mol. The Balaban J connectivity index is 1.39. The van der Waals surface area contributed by atoms with Crippen LogP contribution in [-0.4, -0.2) is 60.9 Å². The number of allylic oxidation sites excluding steroid dienone is 1. The first-order valence-corrected chi connectivity index (χ1v) is 12.7. The minimum Gasteiger partial charge on any atom is -0.423 e. The minimum absolute atomic E-state index is 0.0204. The highest BCUT2D eigenvalue weighted by Gasteiger charge is 2.23. The van der Waals surface area contributed by atoms with Crippen molar-refractivity contribution >= 4 is 28.5 Å². The van der Waals surface area contributed by atoms with Gasteiger partial charge in [-0.25, -0.2) is 4.79 Å². The van der Waals surface area contributed by atoms with E-state index in [9.17, 15) is 14.4 Å². The molecule has 1 aromatic heterocycles. The van der Waals surface area contributed by atoms with E-state index < -0.39 is 5.63 Å². The van der Waals surface area contributed by atoms with Crippen LogP contribution in [0.2, 0.25) is 0 Å². The molecule has 38 heavy (non-hydrogen) atoms. The second-order valence-corrected chi connectivity index (χ2v) is 9.79. The van der Waals surface area contributed by atoms with Crippen LogP contribution in [0.5, 0.6) is 0 Å². The maximum atomic E-state index is 13.4. The topological polar surface area (TPSA) is 97.9 Å². The first-order valence-electron chi connectivity index (χ1n) is 12.7. The van der Waals surface area contributed by atoms with Crippen molar-refractivity contribution in [2.24, 2.45) is 0 Å². The van der Waals surface area contributed by atoms with Crippen molar-refractivity contribution < 1.29 is 14.0 Å². The van der Waals surface area contributed by atoms with Gasteiger partial charge in [0, 0.05) is 74.5 Å². The molecule has 1 aliphatic rings. The summed E-state index contributed by atoms with van der Waals surface area (Å²) < 4.78 is 5.40. The van der Waals surface area contributed by atoms with Crippen LogP contribution < -0.4 is 10.5 Å². The number of aryl methyl sites for hydroxylation is 1. The summed E-state index contributed by atoms with van der Waals surface area (Å²) in [5, 5.41) is 9.80. The van der Waals surface area contributed by atoms with Crippen LogP contribution in [0.4, 0.5) is 5.69 Å². The van der Waals surface area contributed by atoms with Crippen molar-refractivity contribution in [3.05, 3.63) is 87.3 Å². The Labute approximate surface area is 222 Å². The van der Waals surface area contributed by atoms with Crippen molar-refractivity contribution in [3.63, 3.8) is 0 Å². The molecule has 0 aliphatic carbocycles. The number of anilines is 1. The molecular formula is C30H32N4O4. The Morgan fingerprint density at radius 3 is 2.42 bits per heavy atom. The smallest absolute Gasteiger partial charge is 0.336 e. The Hall–Kier alpha value is -4.22. The summed E-state index contributed by atoms with van der Waals surface area (Å²) in [7, 11) is 0. The quantitative estimate of drug-likeness (QED) is 0.349. The summed E-state index contributed by atoms with van der Waals surface area (Å²) in [6, 6.07) is 15.7. The van der Waals surface area contributed by atoms with Gasteiger partial charge in [-0.15, -0.1) is 0 Å². The van der Waals surface area contributed by atoms with E-state index in [1.165, 1.54) is 6.07 Å². The second-order valence-electron chi connectivity index (χ2n) is 9.79. The average molecular weight is 513 g/mol. The standard InChI is InChI=1S/C30H32N4O4/c1-21(2)10-13-34(25-8-9-26-22(3)18-29(36)38-27(26)19-25)28(35)11-12-32-14-16-33(17-15-32)30(37)24-6-4-23(20-31)5-7-24/h4-10,18-19H,11-17H2,1-3H3. The summed E-state index contributed by atoms with van der Waals surface area (Å²) in [6.07, 6.45) is 2.33. The minimum atomic E-state index is -0.411. The Morgan fingerprint density at radius 1 is 1.05 bits per heavy atom. The van der Waals surface area contributed by atoms with Gasteiger partial charge in [-0.3, -0.25) is 14.5 Å². The number of hydrogen-bond donors (Lipinski definition) is 0. The van der Waals surface area contributed by atoms with E-state index in [1.54, 1.807) is 35.2 Å². The highest BCUT2D eigenvalue weighted by Crippen LogP contribution is 2.24. The third-order valence-corrected chi connectivity index (χ3v) is 6.79. The van der Waals surface area contributed by atoms with Crippen LogP contribution in [0, 0.1) is 18.3 Å². The zero-order valence-corrected chi connectivity index (χ0v) is 22.1. The molecule has 4 rings (SSSR count). The van der Waals surface area contributed by atoms with Gasteiger partial charge in [-0.05, 0) is 62.7 Å². The fraction of sp³-hybridized carbons (Fsp3) is 0.333. The highest BCUT2D eigenvalue weighted by atomic mass is 16.4. The zero-order valence-electron chi connectivity index (χ0n) is 22.1. The van der Waals surface area contributed by atoms with E-state index in [0.717, 1.165) is 16.5 Å². The van der Waals surface area contributed by atoms with Crippen molar-refractivity contribution in [3.8, 4) is 6.07 Å². The number of nitrogens with zero attached hydrogens (tertiary/aromatic N) is 4. The molecule has 0 atom stereocenters. The lowest BCUT2D eigenvalue weighted by Crippen LogP contribution is -2.49. The molecule has 2 aromatic carbocycles. The van der Waals surface area contributed by atoms with Gasteiger partial charge in [0.15, 0.2) is 0 Å². The third-order valence-electron chi connectivity index (χ3n) is 6.79. The van der Waals surface area contributed by atoms with Crippen molar-refractivity contribution in [2.45, 2.75) is 27.2 Å². The second kappa shape index (κ2) is 11.9. The van der Waals surface area contributed by atoms with Gasteiger partial charge >= 0.3 is 5.63 Å². The van der Waals surface area contributed by atoms with Crippen LogP contribution in [0.1, 0.15) is 41.8 Å². The summed E-state index contributed by atoms with van der Waals surface area (Å²) >= 11 is 0. The fourth-order valence-electron chi connectivity index (χ4n) is 4.54. The number of benzene rings is 2. The van der Waals surface area contributed by atoms with Crippen molar-refractivity contribution in [1.29, 1.82) is 5.26 Å². The van der Waals surface area contributed by atoms with Gasteiger partial charge in [0.25, 0.3) is 5.91 Å². The Kier molecular flexibility index (Phi) is 8.39. The summed E-state index contributed by atoms with van der Waals surface area (Å²) in [5.74, 6) is -0.0655. The number of amides is 2. The number of piperazine rings is 1. The first-order chi connectivity index (χ1) is 18.2. The lowest BCUT2D eigenvalue weighted by molar-refractivity contribution is -0.118. The van der Waals surface area contributed by atoms with E-state index in [2.05, 4.69) is 11.0 Å². The molecule has 196 valence electrons. The molecular weight excluding hydrogens is 480 g/mol. The number of carbonyl (C=O) groups is 2. The average Bonchev–Trinajstić information content (AvgIpc) is 2.91. The molecule has 1 aliphatic heterocycles. The van der Waals surface area contributed by atoms with Crippen LogP contribution in [0.15, 0.2) is 69.4 Å². The van der Waals surface area contributed by atoms with Crippen LogP contribution in [0.3, 0.4) is 0 Å². The van der Waals surface area contributed by atoms with Gasteiger partial charge in [0.2, 0.25) is 5.91 Å². The highest BCUT2D eigenvalue weighted by molar-refractivity contribution is 5.96. The van der Waals surface area contributed by atoms with E-state index in [4.69, 9.17) is 9.68 Å². The number of hydrogen-bond acceptors (Lipinski definition) is 6. The summed E-state index contributed by atoms with van der Waals surface area (Å²) in [4.78, 5) is 43.8.